The van der Waals surface area contributed by atoms with Crippen LogP contribution in [0.5, 0.6) is 5.75 Å². The van der Waals surface area contributed by atoms with Crippen LogP contribution in [0.4, 0.5) is 4.39 Å². The molecular formula is C15H24FNO. The minimum absolute atomic E-state index is 0.264. The molecule has 0 spiro atoms. The van der Waals surface area contributed by atoms with Gasteiger partial charge in [0.05, 0.1) is 6.61 Å². The molecule has 2 rings (SSSR count). The Morgan fingerprint density at radius 3 is 2.61 bits per heavy atom. The molecule has 1 saturated heterocycles. The Bertz CT molecular complexity index is 348. The van der Waals surface area contributed by atoms with Gasteiger partial charge in [0.2, 0.25) is 0 Å². The maximum atomic E-state index is 13.4. The lowest BCUT2D eigenvalue weighted by molar-refractivity contribution is 0.208. The third-order valence-electron chi connectivity index (χ3n) is 3.02. The highest BCUT2D eigenvalue weighted by Crippen LogP contribution is 2.20. The van der Waals surface area contributed by atoms with Gasteiger partial charge >= 0.3 is 0 Å². The van der Waals surface area contributed by atoms with Crippen LogP contribution in [0.25, 0.3) is 0 Å². The van der Waals surface area contributed by atoms with E-state index in [1.165, 1.54) is 6.07 Å². The molecule has 0 unspecified atom stereocenters. The van der Waals surface area contributed by atoms with E-state index in [1.807, 2.05) is 20.8 Å². The van der Waals surface area contributed by atoms with Crippen LogP contribution in [0.3, 0.4) is 0 Å². The monoisotopic (exact) mass is 253 g/mol. The molecule has 0 atom stereocenters. The van der Waals surface area contributed by atoms with Crippen molar-refractivity contribution in [3.63, 3.8) is 0 Å². The first kappa shape index (κ1) is 15.0. The van der Waals surface area contributed by atoms with Crippen molar-refractivity contribution in [2.24, 2.45) is 5.92 Å². The number of piperidine rings is 1. The van der Waals surface area contributed by atoms with Gasteiger partial charge in [-0.1, -0.05) is 19.9 Å². The molecule has 1 heterocycles. The van der Waals surface area contributed by atoms with E-state index in [4.69, 9.17) is 4.74 Å². The van der Waals surface area contributed by atoms with Gasteiger partial charge in [0, 0.05) is 0 Å². The summed E-state index contributed by atoms with van der Waals surface area (Å²) in [6, 6.07) is 4.98. The molecule has 0 aromatic heterocycles. The van der Waals surface area contributed by atoms with E-state index < -0.39 is 0 Å². The Morgan fingerprint density at radius 1 is 1.28 bits per heavy atom. The van der Waals surface area contributed by atoms with Gasteiger partial charge in [-0.3, -0.25) is 0 Å². The maximum Gasteiger partial charge on any atom is 0.165 e. The summed E-state index contributed by atoms with van der Waals surface area (Å²) in [4.78, 5) is 0. The van der Waals surface area contributed by atoms with E-state index in [0.29, 0.717) is 18.3 Å². The van der Waals surface area contributed by atoms with Crippen molar-refractivity contribution in [2.75, 3.05) is 19.7 Å². The molecule has 1 aliphatic rings. The fraction of sp³-hybridized carbons (Fsp3) is 0.600. The standard InChI is InChI=1S/C13H18FNO.C2H6/c1-10-2-3-12(14)13(8-10)16-9-11-4-6-15-7-5-11;1-2/h2-3,8,11,15H,4-7,9H2,1H3;1-2H3. The topological polar surface area (TPSA) is 21.3 Å². The number of ether oxygens (including phenoxy) is 1. The van der Waals surface area contributed by atoms with Crippen molar-refractivity contribution in [1.29, 1.82) is 0 Å². The van der Waals surface area contributed by atoms with Crippen LogP contribution in [0.15, 0.2) is 18.2 Å². The summed E-state index contributed by atoms with van der Waals surface area (Å²) in [6.07, 6.45) is 2.24. The minimum atomic E-state index is -0.264. The molecule has 0 amide bonds. The van der Waals surface area contributed by atoms with E-state index in [-0.39, 0.29) is 5.82 Å². The smallest absolute Gasteiger partial charge is 0.165 e. The van der Waals surface area contributed by atoms with E-state index in [0.717, 1.165) is 31.5 Å². The molecule has 102 valence electrons. The molecule has 0 aliphatic carbocycles. The Hall–Kier alpha value is -1.09. The molecule has 0 radical (unpaired) electrons. The summed E-state index contributed by atoms with van der Waals surface area (Å²) in [5.41, 5.74) is 1.03. The highest BCUT2D eigenvalue weighted by Gasteiger charge is 2.14. The van der Waals surface area contributed by atoms with Crippen molar-refractivity contribution in [2.45, 2.75) is 33.6 Å². The van der Waals surface area contributed by atoms with E-state index >= 15 is 0 Å². The largest absolute Gasteiger partial charge is 0.490 e. The molecule has 2 nitrogen and oxygen atoms in total. The number of hydrogen-bond donors (Lipinski definition) is 1. The zero-order chi connectivity index (χ0) is 13.4. The molecule has 1 aromatic rings. The molecular weight excluding hydrogens is 229 g/mol. The molecule has 0 saturated carbocycles. The molecule has 1 aromatic carbocycles. The molecule has 1 aliphatic heterocycles. The summed E-state index contributed by atoms with van der Waals surface area (Å²) in [5.74, 6) is 0.680. The molecule has 1 fully saturated rings. The van der Waals surface area contributed by atoms with Crippen molar-refractivity contribution in [3.05, 3.63) is 29.6 Å². The van der Waals surface area contributed by atoms with Crippen LogP contribution in [-0.2, 0) is 0 Å². The van der Waals surface area contributed by atoms with Gasteiger partial charge in [-0.25, -0.2) is 4.39 Å². The lowest BCUT2D eigenvalue weighted by Crippen LogP contribution is -2.30. The van der Waals surface area contributed by atoms with Gasteiger partial charge in [0.15, 0.2) is 11.6 Å². The van der Waals surface area contributed by atoms with Crippen LogP contribution in [0.2, 0.25) is 0 Å². The van der Waals surface area contributed by atoms with Crippen LogP contribution >= 0.6 is 0 Å². The van der Waals surface area contributed by atoms with Gasteiger partial charge in [0.25, 0.3) is 0 Å². The fourth-order valence-electron chi connectivity index (χ4n) is 1.98. The van der Waals surface area contributed by atoms with Crippen LogP contribution in [0.1, 0.15) is 32.3 Å². The van der Waals surface area contributed by atoms with E-state index in [1.54, 1.807) is 12.1 Å². The zero-order valence-corrected chi connectivity index (χ0v) is 11.6. The predicted molar refractivity (Wildman–Crippen MR) is 73.6 cm³/mol. The molecule has 0 bridgehead atoms. The lowest BCUT2D eigenvalue weighted by atomic mass is 9.99. The first-order chi connectivity index (χ1) is 8.75. The number of aryl methyl sites for hydroxylation is 1. The van der Waals surface area contributed by atoms with Gasteiger partial charge < -0.3 is 10.1 Å². The summed E-state index contributed by atoms with van der Waals surface area (Å²) < 4.78 is 18.9. The number of rotatable bonds is 3. The van der Waals surface area contributed by atoms with Crippen molar-refractivity contribution >= 4 is 0 Å². The number of hydrogen-bond acceptors (Lipinski definition) is 2. The van der Waals surface area contributed by atoms with Crippen molar-refractivity contribution in [3.8, 4) is 5.75 Å². The summed E-state index contributed by atoms with van der Waals surface area (Å²) in [5, 5.41) is 3.30. The normalized spacial score (nSPS) is 15.8. The molecule has 1 N–H and O–H groups in total. The molecule has 3 heteroatoms. The summed E-state index contributed by atoms with van der Waals surface area (Å²) in [7, 11) is 0. The fourth-order valence-corrected chi connectivity index (χ4v) is 1.98. The van der Waals surface area contributed by atoms with Gasteiger partial charge in [-0.05, 0) is 56.5 Å². The SMILES string of the molecule is CC.Cc1ccc(F)c(OCC2CCNCC2)c1. The Morgan fingerprint density at radius 2 is 1.94 bits per heavy atom. The number of benzene rings is 1. The van der Waals surface area contributed by atoms with Gasteiger partial charge in [0.1, 0.15) is 0 Å². The minimum Gasteiger partial charge on any atom is -0.490 e. The Kier molecular flexibility index (Phi) is 6.73. The second-order valence-electron chi connectivity index (χ2n) is 4.44. The zero-order valence-electron chi connectivity index (χ0n) is 11.6. The van der Waals surface area contributed by atoms with Crippen LogP contribution in [-0.4, -0.2) is 19.7 Å². The first-order valence-electron chi connectivity index (χ1n) is 6.85. The van der Waals surface area contributed by atoms with E-state index in [2.05, 4.69) is 5.32 Å². The second-order valence-corrected chi connectivity index (χ2v) is 4.44. The van der Waals surface area contributed by atoms with Gasteiger partial charge in [-0.2, -0.15) is 0 Å². The average Bonchev–Trinajstić information content (AvgIpc) is 2.43. The Labute approximate surface area is 110 Å². The second kappa shape index (κ2) is 8.09. The van der Waals surface area contributed by atoms with Crippen molar-refractivity contribution < 1.29 is 9.13 Å². The number of nitrogens with one attached hydrogen (secondary N) is 1. The predicted octanol–water partition coefficient (Wildman–Crippen LogP) is 3.54. The lowest BCUT2D eigenvalue weighted by Gasteiger charge is -2.22. The summed E-state index contributed by atoms with van der Waals surface area (Å²) in [6.45, 7) is 8.66. The quantitative estimate of drug-likeness (QED) is 0.889. The summed E-state index contributed by atoms with van der Waals surface area (Å²) >= 11 is 0. The van der Waals surface area contributed by atoms with Crippen molar-refractivity contribution in [1.82, 2.24) is 5.32 Å². The third kappa shape index (κ3) is 4.65. The Balaban J connectivity index is 0.000000771. The average molecular weight is 253 g/mol. The maximum absolute atomic E-state index is 13.4. The third-order valence-corrected chi connectivity index (χ3v) is 3.02. The highest BCUT2D eigenvalue weighted by molar-refractivity contribution is 5.29. The van der Waals surface area contributed by atoms with Crippen LogP contribution in [0, 0.1) is 18.7 Å². The van der Waals surface area contributed by atoms with E-state index in [9.17, 15) is 4.39 Å². The molecule has 18 heavy (non-hydrogen) atoms. The van der Waals surface area contributed by atoms with Crippen LogP contribution < -0.4 is 10.1 Å². The highest BCUT2D eigenvalue weighted by atomic mass is 19.1. The first-order valence-corrected chi connectivity index (χ1v) is 6.85. The number of halogens is 1. The van der Waals surface area contributed by atoms with Gasteiger partial charge in [-0.15, -0.1) is 0 Å².